The van der Waals surface area contributed by atoms with Gasteiger partial charge in [-0.1, -0.05) is 35.6 Å². The predicted molar refractivity (Wildman–Crippen MR) is 133 cm³/mol. The standard InChI is InChI=1S/C23H36BrN3O4Si/c1-29-9-10-31-19-7-5-18(6-8-19)26-23(28)20-13-17(24)14-21-22(20)27(15-25-21)16-30-11-12-32(2,3)4/h13-15,18-19H,5-12,16H2,1-4H3,(H,26,28). The fourth-order valence-electron chi connectivity index (χ4n) is 3.92. The number of imidazole rings is 1. The van der Waals surface area contributed by atoms with Crippen LogP contribution in [0, 0.1) is 0 Å². The summed E-state index contributed by atoms with van der Waals surface area (Å²) < 4.78 is 19.6. The quantitative estimate of drug-likeness (QED) is 0.336. The molecule has 2 aromatic rings. The first kappa shape index (κ1) is 25.4. The molecule has 1 aliphatic rings. The van der Waals surface area contributed by atoms with Gasteiger partial charge in [-0.2, -0.15) is 0 Å². The van der Waals surface area contributed by atoms with Crippen LogP contribution in [-0.2, 0) is 20.9 Å². The number of fused-ring (bicyclic) bond motifs is 1. The van der Waals surface area contributed by atoms with E-state index in [1.165, 1.54) is 0 Å². The second-order valence-corrected chi connectivity index (χ2v) is 16.2. The van der Waals surface area contributed by atoms with Gasteiger partial charge in [0.15, 0.2) is 0 Å². The summed E-state index contributed by atoms with van der Waals surface area (Å²) >= 11 is 3.53. The molecule has 7 nitrogen and oxygen atoms in total. The molecule has 9 heteroatoms. The van der Waals surface area contributed by atoms with Crippen LogP contribution < -0.4 is 5.32 Å². The Morgan fingerprint density at radius 3 is 2.62 bits per heavy atom. The van der Waals surface area contributed by atoms with Gasteiger partial charge in [0.25, 0.3) is 5.91 Å². The molecule has 178 valence electrons. The number of amides is 1. The Morgan fingerprint density at radius 1 is 1.19 bits per heavy atom. The SMILES string of the molecule is COCCOC1CCC(NC(=O)c2cc(Br)cc3ncn(COCC[Si](C)(C)C)c23)CC1. The third kappa shape index (κ3) is 7.38. The van der Waals surface area contributed by atoms with E-state index in [0.717, 1.165) is 53.8 Å². The highest BCUT2D eigenvalue weighted by molar-refractivity contribution is 9.10. The number of methoxy groups -OCH3 is 1. The molecule has 1 saturated carbocycles. The summed E-state index contributed by atoms with van der Waals surface area (Å²) in [6.07, 6.45) is 5.74. The van der Waals surface area contributed by atoms with Crippen LogP contribution in [0.5, 0.6) is 0 Å². The maximum absolute atomic E-state index is 13.2. The Hall–Kier alpha value is -1.26. The summed E-state index contributed by atoms with van der Waals surface area (Å²) in [7, 11) is 0.536. The van der Waals surface area contributed by atoms with Crippen molar-refractivity contribution in [2.45, 2.75) is 70.2 Å². The second kappa shape index (κ2) is 11.7. The van der Waals surface area contributed by atoms with Crippen molar-refractivity contribution in [1.29, 1.82) is 0 Å². The highest BCUT2D eigenvalue weighted by atomic mass is 79.9. The fourth-order valence-corrected chi connectivity index (χ4v) is 5.12. The van der Waals surface area contributed by atoms with Crippen molar-refractivity contribution >= 4 is 40.9 Å². The number of hydrogen-bond acceptors (Lipinski definition) is 5. The summed E-state index contributed by atoms with van der Waals surface area (Å²) in [6.45, 7) is 9.37. The number of nitrogens with one attached hydrogen (secondary N) is 1. The van der Waals surface area contributed by atoms with Crippen molar-refractivity contribution < 1.29 is 19.0 Å². The highest BCUT2D eigenvalue weighted by Gasteiger charge is 2.25. The van der Waals surface area contributed by atoms with Crippen molar-refractivity contribution in [3.8, 4) is 0 Å². The monoisotopic (exact) mass is 525 g/mol. The van der Waals surface area contributed by atoms with Gasteiger partial charge < -0.3 is 24.1 Å². The van der Waals surface area contributed by atoms with Crippen molar-refractivity contribution in [1.82, 2.24) is 14.9 Å². The fraction of sp³-hybridized carbons (Fsp3) is 0.652. The Morgan fingerprint density at radius 2 is 1.94 bits per heavy atom. The number of carbonyl (C=O) groups excluding carboxylic acids is 1. The van der Waals surface area contributed by atoms with Crippen molar-refractivity contribution in [3.05, 3.63) is 28.5 Å². The molecule has 3 rings (SSSR count). The zero-order valence-corrected chi connectivity index (χ0v) is 22.2. The summed E-state index contributed by atoms with van der Waals surface area (Å²) in [6, 6.07) is 5.07. The first-order chi connectivity index (χ1) is 15.3. The maximum atomic E-state index is 13.2. The lowest BCUT2D eigenvalue weighted by molar-refractivity contribution is -0.00408. The Balaban J connectivity index is 1.63. The van der Waals surface area contributed by atoms with Gasteiger partial charge in [-0.05, 0) is 43.9 Å². The molecule has 0 atom stereocenters. The van der Waals surface area contributed by atoms with Gasteiger partial charge in [0.05, 0.1) is 42.2 Å². The zero-order valence-electron chi connectivity index (χ0n) is 19.7. The van der Waals surface area contributed by atoms with Crippen LogP contribution >= 0.6 is 15.9 Å². The van der Waals surface area contributed by atoms with Gasteiger partial charge in [-0.15, -0.1) is 0 Å². The number of rotatable bonds is 11. The normalized spacial score (nSPS) is 19.4. The number of nitrogens with zero attached hydrogens (tertiary/aromatic N) is 2. The average molecular weight is 527 g/mol. The van der Waals surface area contributed by atoms with E-state index in [1.54, 1.807) is 13.4 Å². The largest absolute Gasteiger partial charge is 0.382 e. The lowest BCUT2D eigenvalue weighted by Crippen LogP contribution is -2.39. The van der Waals surface area contributed by atoms with Crippen LogP contribution in [0.1, 0.15) is 36.0 Å². The minimum atomic E-state index is -1.14. The van der Waals surface area contributed by atoms with E-state index in [9.17, 15) is 4.79 Å². The Bertz CT molecular complexity index is 891. The maximum Gasteiger partial charge on any atom is 0.253 e. The number of benzene rings is 1. The van der Waals surface area contributed by atoms with Crippen LogP contribution in [0.4, 0.5) is 0 Å². The van der Waals surface area contributed by atoms with Crippen LogP contribution in [0.15, 0.2) is 22.9 Å². The molecule has 1 N–H and O–H groups in total. The van der Waals surface area contributed by atoms with E-state index >= 15 is 0 Å². The van der Waals surface area contributed by atoms with Crippen LogP contribution in [0.3, 0.4) is 0 Å². The summed E-state index contributed by atoms with van der Waals surface area (Å²) in [5, 5.41) is 3.23. The van der Waals surface area contributed by atoms with Crippen molar-refractivity contribution in [2.24, 2.45) is 0 Å². The topological polar surface area (TPSA) is 74.6 Å². The summed E-state index contributed by atoms with van der Waals surface area (Å²) in [5.41, 5.74) is 2.23. The van der Waals surface area contributed by atoms with Crippen LogP contribution in [-0.4, -0.2) is 62.6 Å². The molecule has 1 aromatic carbocycles. The number of hydrogen-bond donors (Lipinski definition) is 1. The molecule has 0 spiro atoms. The van der Waals surface area contributed by atoms with Gasteiger partial charge in [-0.25, -0.2) is 4.98 Å². The first-order valence-corrected chi connectivity index (χ1v) is 15.9. The second-order valence-electron chi connectivity index (χ2n) is 9.69. The molecule has 1 fully saturated rings. The van der Waals surface area contributed by atoms with Crippen molar-refractivity contribution in [3.63, 3.8) is 0 Å². The predicted octanol–water partition coefficient (Wildman–Crippen LogP) is 4.82. The van der Waals surface area contributed by atoms with Gasteiger partial charge in [0.1, 0.15) is 6.73 Å². The molecular weight excluding hydrogens is 490 g/mol. The minimum absolute atomic E-state index is 0.0658. The number of halogens is 1. The Kier molecular flexibility index (Phi) is 9.30. The van der Waals surface area contributed by atoms with Crippen LogP contribution in [0.25, 0.3) is 11.0 Å². The third-order valence-electron chi connectivity index (χ3n) is 5.80. The molecule has 1 amide bonds. The lowest BCUT2D eigenvalue weighted by atomic mass is 9.92. The van der Waals surface area contributed by atoms with Crippen molar-refractivity contribution in [2.75, 3.05) is 26.9 Å². The minimum Gasteiger partial charge on any atom is -0.382 e. The van der Waals surface area contributed by atoms with E-state index < -0.39 is 8.07 Å². The molecule has 1 aromatic heterocycles. The van der Waals surface area contributed by atoms with E-state index in [1.807, 2.05) is 16.7 Å². The van der Waals surface area contributed by atoms with Crippen LogP contribution in [0.2, 0.25) is 25.7 Å². The highest BCUT2D eigenvalue weighted by Crippen LogP contribution is 2.26. The van der Waals surface area contributed by atoms with Gasteiger partial charge in [-0.3, -0.25) is 4.79 Å². The van der Waals surface area contributed by atoms with E-state index in [2.05, 4.69) is 45.9 Å². The smallest absolute Gasteiger partial charge is 0.253 e. The molecule has 0 unspecified atom stereocenters. The molecule has 0 bridgehead atoms. The molecule has 1 aliphatic carbocycles. The molecule has 0 aliphatic heterocycles. The molecule has 0 radical (unpaired) electrons. The third-order valence-corrected chi connectivity index (χ3v) is 7.96. The zero-order chi connectivity index (χ0) is 23.1. The number of carbonyl (C=O) groups is 1. The lowest BCUT2D eigenvalue weighted by Gasteiger charge is -2.29. The molecular formula is C23H36BrN3O4Si. The summed E-state index contributed by atoms with van der Waals surface area (Å²) in [5.74, 6) is -0.0658. The Labute approximate surface area is 200 Å². The van der Waals surface area contributed by atoms with E-state index in [4.69, 9.17) is 14.2 Å². The first-order valence-electron chi connectivity index (χ1n) is 11.4. The number of ether oxygens (including phenoxy) is 3. The number of aromatic nitrogens is 2. The van der Waals surface area contributed by atoms with Gasteiger partial charge in [0.2, 0.25) is 0 Å². The van der Waals surface area contributed by atoms with Gasteiger partial charge >= 0.3 is 0 Å². The molecule has 0 saturated heterocycles. The van der Waals surface area contributed by atoms with E-state index in [0.29, 0.717) is 25.5 Å². The average Bonchev–Trinajstić information content (AvgIpc) is 3.14. The van der Waals surface area contributed by atoms with E-state index in [-0.39, 0.29) is 18.1 Å². The molecule has 1 heterocycles. The molecule has 32 heavy (non-hydrogen) atoms. The van der Waals surface area contributed by atoms with Gasteiger partial charge in [0, 0.05) is 32.3 Å². The summed E-state index contributed by atoms with van der Waals surface area (Å²) in [4.78, 5) is 17.7.